The highest BCUT2D eigenvalue weighted by molar-refractivity contribution is 8.04. The summed E-state index contributed by atoms with van der Waals surface area (Å²) in [5, 5.41) is 18.9. The summed E-state index contributed by atoms with van der Waals surface area (Å²) >= 11 is 1.01. The summed E-state index contributed by atoms with van der Waals surface area (Å²) in [7, 11) is 4.68. The van der Waals surface area contributed by atoms with E-state index in [4.69, 9.17) is 18.9 Å². The fourth-order valence-electron chi connectivity index (χ4n) is 3.28. The van der Waals surface area contributed by atoms with E-state index in [-0.39, 0.29) is 4.91 Å². The van der Waals surface area contributed by atoms with E-state index in [9.17, 15) is 9.90 Å². The number of rotatable bonds is 11. The fourth-order valence-corrected chi connectivity index (χ4v) is 4.16. The number of aliphatic carboxylic acids is 1. The number of ether oxygens (including phenoxy) is 4. The Hall–Kier alpha value is -3.66. The molecule has 1 N–H and O–H groups in total. The second-order valence-electron chi connectivity index (χ2n) is 6.88. The molecular formula is C24H27N3O6S. The van der Waals surface area contributed by atoms with E-state index in [1.54, 1.807) is 44.6 Å². The summed E-state index contributed by atoms with van der Waals surface area (Å²) in [6.45, 7) is 4.73. The number of aromatic nitrogens is 3. The number of carbonyl (C=O) groups is 1. The molecule has 0 radical (unpaired) electrons. The molecule has 0 saturated heterocycles. The first kappa shape index (κ1) is 25.0. The van der Waals surface area contributed by atoms with Crippen molar-refractivity contribution < 1.29 is 28.8 Å². The molecule has 2 aromatic carbocycles. The Bertz CT molecular complexity index is 1170. The second-order valence-corrected chi connectivity index (χ2v) is 7.89. The Morgan fingerprint density at radius 1 is 1.06 bits per heavy atom. The maximum absolute atomic E-state index is 12.1. The molecule has 0 saturated carbocycles. The number of methoxy groups -OCH3 is 3. The first-order valence-electron chi connectivity index (χ1n) is 10.5. The van der Waals surface area contributed by atoms with Crippen LogP contribution in [0.2, 0.25) is 0 Å². The molecule has 1 aromatic heterocycles. The highest BCUT2D eigenvalue weighted by Crippen LogP contribution is 2.37. The number of para-hydroxylation sites is 1. The smallest absolute Gasteiger partial charge is 0.342 e. The average Bonchev–Trinajstić information content (AvgIpc) is 3.26. The number of carboxylic acid groups (broad SMARTS) is 1. The molecule has 0 unspecified atom stereocenters. The molecule has 10 heteroatoms. The van der Waals surface area contributed by atoms with Crippen LogP contribution in [-0.2, 0) is 11.3 Å². The van der Waals surface area contributed by atoms with Gasteiger partial charge in [-0.25, -0.2) is 4.79 Å². The number of hydrogen-bond donors (Lipinski definition) is 1. The maximum atomic E-state index is 12.1. The van der Waals surface area contributed by atoms with Gasteiger partial charge >= 0.3 is 5.97 Å². The molecule has 0 atom stereocenters. The molecule has 0 bridgehead atoms. The Labute approximate surface area is 202 Å². The van der Waals surface area contributed by atoms with Gasteiger partial charge in [0, 0.05) is 23.7 Å². The van der Waals surface area contributed by atoms with Gasteiger partial charge in [0.1, 0.15) is 16.4 Å². The third-order valence-electron chi connectivity index (χ3n) is 4.86. The lowest BCUT2D eigenvalue weighted by atomic mass is 10.1. The van der Waals surface area contributed by atoms with E-state index < -0.39 is 5.97 Å². The van der Waals surface area contributed by atoms with Crippen molar-refractivity contribution in [1.82, 2.24) is 14.8 Å². The zero-order valence-electron chi connectivity index (χ0n) is 19.7. The molecule has 34 heavy (non-hydrogen) atoms. The van der Waals surface area contributed by atoms with E-state index in [1.807, 2.05) is 30.5 Å². The summed E-state index contributed by atoms with van der Waals surface area (Å²) in [4.78, 5) is 12.2. The number of carboxylic acids is 1. The van der Waals surface area contributed by atoms with Crippen LogP contribution in [0.25, 0.3) is 17.5 Å². The SMILES string of the molecule is CCOc1c(/C=C(\Sc2nnc(-c3cc(OC)cc(OC)c3)n2CC)C(=O)O)cccc1OC. The zero-order chi connectivity index (χ0) is 24.7. The van der Waals surface area contributed by atoms with Crippen molar-refractivity contribution in [2.24, 2.45) is 0 Å². The summed E-state index contributed by atoms with van der Waals surface area (Å²) in [6.07, 6.45) is 1.55. The van der Waals surface area contributed by atoms with Crippen molar-refractivity contribution in [3.05, 3.63) is 46.9 Å². The van der Waals surface area contributed by atoms with Crippen molar-refractivity contribution in [3.63, 3.8) is 0 Å². The van der Waals surface area contributed by atoms with Crippen molar-refractivity contribution >= 4 is 23.8 Å². The standard InChI is InChI=1S/C24H27N3O6S/c1-6-27-22(16-11-17(30-3)14-18(12-16)31-4)25-26-24(27)34-20(23(28)29)13-15-9-8-10-19(32-5)21(15)33-7-2/h8-14H,6-7H2,1-5H3,(H,28,29)/b20-13-. The molecule has 0 amide bonds. The number of benzene rings is 2. The summed E-state index contributed by atoms with van der Waals surface area (Å²) in [6, 6.07) is 10.7. The monoisotopic (exact) mass is 485 g/mol. The summed E-state index contributed by atoms with van der Waals surface area (Å²) < 4.78 is 23.6. The third kappa shape index (κ3) is 5.45. The van der Waals surface area contributed by atoms with Gasteiger partial charge in [-0.1, -0.05) is 12.1 Å². The van der Waals surface area contributed by atoms with E-state index in [1.165, 1.54) is 7.11 Å². The molecule has 9 nitrogen and oxygen atoms in total. The molecule has 0 aliphatic rings. The lowest BCUT2D eigenvalue weighted by molar-refractivity contribution is -0.131. The molecular weight excluding hydrogens is 458 g/mol. The molecule has 0 aliphatic carbocycles. The second kappa shape index (κ2) is 11.5. The number of thioether (sulfide) groups is 1. The van der Waals surface area contributed by atoms with E-state index in [0.717, 1.165) is 17.3 Å². The van der Waals surface area contributed by atoms with Crippen molar-refractivity contribution in [2.75, 3.05) is 27.9 Å². The average molecular weight is 486 g/mol. The number of nitrogens with zero attached hydrogens (tertiary/aromatic N) is 3. The minimum absolute atomic E-state index is 0.0612. The van der Waals surface area contributed by atoms with Gasteiger partial charge < -0.3 is 28.6 Å². The van der Waals surface area contributed by atoms with Crippen LogP contribution in [0.4, 0.5) is 0 Å². The van der Waals surface area contributed by atoms with Crippen LogP contribution in [-0.4, -0.2) is 53.8 Å². The maximum Gasteiger partial charge on any atom is 0.342 e. The van der Waals surface area contributed by atoms with E-state index in [2.05, 4.69) is 10.2 Å². The normalized spacial score (nSPS) is 11.3. The molecule has 0 spiro atoms. The molecule has 1 heterocycles. The van der Waals surface area contributed by atoms with Gasteiger partial charge in [0.15, 0.2) is 22.5 Å². The topological polar surface area (TPSA) is 105 Å². The van der Waals surface area contributed by atoms with Crippen molar-refractivity contribution in [2.45, 2.75) is 25.5 Å². The van der Waals surface area contributed by atoms with Gasteiger partial charge in [-0.2, -0.15) is 0 Å². The van der Waals surface area contributed by atoms with Gasteiger partial charge in [0.05, 0.1) is 27.9 Å². The molecule has 0 fully saturated rings. The highest BCUT2D eigenvalue weighted by Gasteiger charge is 2.20. The van der Waals surface area contributed by atoms with Crippen LogP contribution in [0.1, 0.15) is 19.4 Å². The lowest BCUT2D eigenvalue weighted by Gasteiger charge is -2.13. The van der Waals surface area contributed by atoms with E-state index in [0.29, 0.717) is 52.7 Å². The summed E-state index contributed by atoms with van der Waals surface area (Å²) in [5.41, 5.74) is 1.33. The van der Waals surface area contributed by atoms with Gasteiger partial charge in [0.2, 0.25) is 0 Å². The minimum Gasteiger partial charge on any atom is -0.497 e. The third-order valence-corrected chi connectivity index (χ3v) is 5.86. The van der Waals surface area contributed by atoms with Crippen LogP contribution in [0.5, 0.6) is 23.0 Å². The van der Waals surface area contributed by atoms with Gasteiger partial charge in [-0.15, -0.1) is 10.2 Å². The molecule has 180 valence electrons. The van der Waals surface area contributed by atoms with Crippen molar-refractivity contribution in [1.29, 1.82) is 0 Å². The quantitative estimate of drug-likeness (QED) is 0.308. The Morgan fingerprint density at radius 2 is 1.76 bits per heavy atom. The van der Waals surface area contributed by atoms with Crippen LogP contribution in [0.3, 0.4) is 0 Å². The largest absolute Gasteiger partial charge is 0.497 e. The van der Waals surface area contributed by atoms with Gasteiger partial charge in [-0.3, -0.25) is 0 Å². The lowest BCUT2D eigenvalue weighted by Crippen LogP contribution is -2.03. The predicted octanol–water partition coefficient (Wildman–Crippen LogP) is 4.61. The predicted molar refractivity (Wildman–Crippen MR) is 130 cm³/mol. The van der Waals surface area contributed by atoms with Crippen molar-refractivity contribution in [3.8, 4) is 34.4 Å². The molecule has 0 aliphatic heterocycles. The first-order chi connectivity index (χ1) is 16.4. The fraction of sp³-hybridized carbons (Fsp3) is 0.292. The Balaban J connectivity index is 2.04. The molecule has 3 rings (SSSR count). The van der Waals surface area contributed by atoms with Gasteiger partial charge in [-0.05, 0) is 49.9 Å². The highest BCUT2D eigenvalue weighted by atomic mass is 32.2. The Kier molecular flexibility index (Phi) is 8.42. The Morgan fingerprint density at radius 3 is 2.32 bits per heavy atom. The van der Waals surface area contributed by atoms with Crippen LogP contribution in [0.15, 0.2) is 46.5 Å². The zero-order valence-corrected chi connectivity index (χ0v) is 20.5. The minimum atomic E-state index is -1.09. The van der Waals surface area contributed by atoms with Crippen LogP contribution in [0, 0.1) is 0 Å². The molecule has 3 aromatic rings. The number of hydrogen-bond acceptors (Lipinski definition) is 8. The van der Waals surface area contributed by atoms with Gasteiger partial charge in [0.25, 0.3) is 0 Å². The van der Waals surface area contributed by atoms with Crippen LogP contribution < -0.4 is 18.9 Å². The first-order valence-corrected chi connectivity index (χ1v) is 11.4. The van der Waals surface area contributed by atoms with E-state index >= 15 is 0 Å². The van der Waals surface area contributed by atoms with Crippen LogP contribution >= 0.6 is 11.8 Å². The summed E-state index contributed by atoms with van der Waals surface area (Å²) in [5.74, 6) is 1.71.